The topological polar surface area (TPSA) is 77.8 Å². The van der Waals surface area contributed by atoms with Crippen molar-refractivity contribution in [2.75, 3.05) is 18.4 Å². The number of hydrogen-bond donors (Lipinski definition) is 2. The molecule has 0 aliphatic carbocycles. The van der Waals surface area contributed by atoms with Crippen LogP contribution in [0.5, 0.6) is 0 Å². The van der Waals surface area contributed by atoms with Crippen molar-refractivity contribution >= 4 is 22.6 Å². The third kappa shape index (κ3) is 3.69. The summed E-state index contributed by atoms with van der Waals surface area (Å²) in [5.41, 5.74) is 2.59. The summed E-state index contributed by atoms with van der Waals surface area (Å²) in [7, 11) is 0. The fourth-order valence-electron chi connectivity index (χ4n) is 2.09. The number of nitrogens with one attached hydrogen (secondary N) is 2. The molecule has 0 spiro atoms. The molecule has 0 bridgehead atoms. The van der Waals surface area contributed by atoms with Crippen molar-refractivity contribution < 1.29 is 4.79 Å². The second-order valence-electron chi connectivity index (χ2n) is 4.79. The summed E-state index contributed by atoms with van der Waals surface area (Å²) in [5.74, 6) is 0.482. The van der Waals surface area contributed by atoms with Crippen molar-refractivity contribution in [2.24, 2.45) is 0 Å². The minimum absolute atomic E-state index is 0.0733. The maximum Gasteiger partial charge on any atom is 0.216 e. The molecule has 1 amide bonds. The molecule has 2 aromatic rings. The number of carbonyl (C=O) groups excluding carboxylic acids is 1. The molecule has 5 nitrogen and oxygen atoms in total. The minimum Gasteiger partial charge on any atom is -0.367 e. The maximum absolute atomic E-state index is 10.8. The molecule has 5 heteroatoms. The first kappa shape index (κ1) is 14.8. The summed E-state index contributed by atoms with van der Waals surface area (Å²) in [4.78, 5) is 15.3. The van der Waals surface area contributed by atoms with E-state index in [0.717, 1.165) is 17.3 Å². The number of hydrogen-bond acceptors (Lipinski definition) is 4. The molecule has 0 aliphatic rings. The van der Waals surface area contributed by atoms with Crippen molar-refractivity contribution in [1.29, 1.82) is 5.26 Å². The highest BCUT2D eigenvalue weighted by molar-refractivity contribution is 5.83. The van der Waals surface area contributed by atoms with Gasteiger partial charge >= 0.3 is 0 Å². The van der Waals surface area contributed by atoms with Crippen LogP contribution in [0.3, 0.4) is 0 Å². The summed E-state index contributed by atoms with van der Waals surface area (Å²) in [6.07, 6.45) is 0.953. The van der Waals surface area contributed by atoms with Gasteiger partial charge in [0.05, 0.1) is 11.1 Å². The van der Waals surface area contributed by atoms with Crippen LogP contribution in [0.2, 0.25) is 0 Å². The zero-order valence-corrected chi connectivity index (χ0v) is 12.2. The van der Waals surface area contributed by atoms with Crippen LogP contribution in [-0.4, -0.2) is 24.0 Å². The second-order valence-corrected chi connectivity index (χ2v) is 4.79. The van der Waals surface area contributed by atoms with E-state index in [2.05, 4.69) is 34.7 Å². The number of benzene rings is 1. The van der Waals surface area contributed by atoms with E-state index in [1.807, 2.05) is 18.2 Å². The minimum atomic E-state index is -0.0733. The van der Waals surface area contributed by atoms with Crippen LogP contribution in [0.4, 0.5) is 5.82 Å². The molecule has 0 unspecified atom stereocenters. The van der Waals surface area contributed by atoms with Crippen LogP contribution in [0.25, 0.3) is 10.9 Å². The Balaban J connectivity index is 2.23. The number of rotatable bonds is 5. The molecule has 2 rings (SSSR count). The molecule has 0 aliphatic heterocycles. The van der Waals surface area contributed by atoms with Crippen molar-refractivity contribution in [1.82, 2.24) is 10.3 Å². The fraction of sp³-hybridized carbons (Fsp3) is 0.312. The number of pyridine rings is 1. The Kier molecular flexibility index (Phi) is 4.72. The Bertz CT molecular complexity index is 703. The lowest BCUT2D eigenvalue weighted by Gasteiger charge is -2.09. The highest BCUT2D eigenvalue weighted by atomic mass is 16.1. The average molecular weight is 282 g/mol. The van der Waals surface area contributed by atoms with Gasteiger partial charge in [-0.05, 0) is 30.2 Å². The van der Waals surface area contributed by atoms with Crippen molar-refractivity contribution in [3.63, 3.8) is 0 Å². The summed E-state index contributed by atoms with van der Waals surface area (Å²) in [6, 6.07) is 10.1. The van der Waals surface area contributed by atoms with Crippen LogP contribution in [0, 0.1) is 11.3 Å². The van der Waals surface area contributed by atoms with Gasteiger partial charge in [0, 0.05) is 25.4 Å². The maximum atomic E-state index is 10.8. The van der Waals surface area contributed by atoms with Gasteiger partial charge in [0.15, 0.2) is 0 Å². The van der Waals surface area contributed by atoms with E-state index >= 15 is 0 Å². The van der Waals surface area contributed by atoms with Crippen molar-refractivity contribution in [3.05, 3.63) is 35.4 Å². The van der Waals surface area contributed by atoms with Crippen LogP contribution in [0.15, 0.2) is 24.3 Å². The highest BCUT2D eigenvalue weighted by Gasteiger charge is 2.07. The van der Waals surface area contributed by atoms with Gasteiger partial charge in [-0.3, -0.25) is 4.79 Å². The normalized spacial score (nSPS) is 10.1. The zero-order valence-electron chi connectivity index (χ0n) is 12.2. The Morgan fingerprint density at radius 1 is 1.33 bits per heavy atom. The Morgan fingerprint density at radius 3 is 2.81 bits per heavy atom. The van der Waals surface area contributed by atoms with Crippen LogP contribution < -0.4 is 10.6 Å². The van der Waals surface area contributed by atoms with Gasteiger partial charge in [-0.25, -0.2) is 4.98 Å². The third-order valence-electron chi connectivity index (χ3n) is 3.20. The molecule has 0 saturated carbocycles. The molecule has 2 N–H and O–H groups in total. The number of aromatic nitrogens is 1. The average Bonchev–Trinajstić information content (AvgIpc) is 2.49. The predicted octanol–water partition coefficient (Wildman–Crippen LogP) is 2.22. The van der Waals surface area contributed by atoms with Gasteiger partial charge in [0.25, 0.3) is 0 Å². The molecular formula is C16H18N4O. The van der Waals surface area contributed by atoms with E-state index in [1.54, 1.807) is 0 Å². The number of amides is 1. The van der Waals surface area contributed by atoms with E-state index in [1.165, 1.54) is 12.5 Å². The lowest BCUT2D eigenvalue weighted by Crippen LogP contribution is -2.26. The third-order valence-corrected chi connectivity index (χ3v) is 3.20. The Labute approximate surface area is 124 Å². The molecule has 1 heterocycles. The van der Waals surface area contributed by atoms with E-state index in [0.29, 0.717) is 24.5 Å². The predicted molar refractivity (Wildman–Crippen MR) is 83.0 cm³/mol. The quantitative estimate of drug-likeness (QED) is 0.824. The van der Waals surface area contributed by atoms with Crippen molar-refractivity contribution in [2.45, 2.75) is 20.3 Å². The molecule has 0 radical (unpaired) electrons. The van der Waals surface area contributed by atoms with E-state index < -0.39 is 0 Å². The molecule has 0 saturated heterocycles. The summed E-state index contributed by atoms with van der Waals surface area (Å²) in [5, 5.41) is 16.0. The van der Waals surface area contributed by atoms with Crippen molar-refractivity contribution in [3.8, 4) is 6.07 Å². The molecular weight excluding hydrogens is 264 g/mol. The monoisotopic (exact) mass is 282 g/mol. The van der Waals surface area contributed by atoms with E-state index in [4.69, 9.17) is 0 Å². The first-order valence-corrected chi connectivity index (χ1v) is 6.96. The Morgan fingerprint density at radius 2 is 2.14 bits per heavy atom. The van der Waals surface area contributed by atoms with Gasteiger partial charge in [-0.1, -0.05) is 13.0 Å². The molecule has 1 aromatic carbocycles. The number of nitriles is 1. The first-order chi connectivity index (χ1) is 10.1. The summed E-state index contributed by atoms with van der Waals surface area (Å²) < 4.78 is 0. The second kappa shape index (κ2) is 6.71. The highest BCUT2D eigenvalue weighted by Crippen LogP contribution is 2.21. The van der Waals surface area contributed by atoms with Gasteiger partial charge in [0.2, 0.25) is 5.91 Å². The first-order valence-electron chi connectivity index (χ1n) is 6.96. The SMILES string of the molecule is CCc1ccc2nc(NCCNC(C)=O)c(C#N)cc2c1. The Hall–Kier alpha value is -2.61. The summed E-state index contributed by atoms with van der Waals surface area (Å²) >= 11 is 0. The lowest BCUT2D eigenvalue weighted by molar-refractivity contribution is -0.118. The smallest absolute Gasteiger partial charge is 0.216 e. The lowest BCUT2D eigenvalue weighted by atomic mass is 10.1. The van der Waals surface area contributed by atoms with Crippen LogP contribution >= 0.6 is 0 Å². The largest absolute Gasteiger partial charge is 0.367 e. The molecule has 1 aromatic heterocycles. The fourth-order valence-corrected chi connectivity index (χ4v) is 2.09. The van der Waals surface area contributed by atoms with Gasteiger partial charge in [-0.2, -0.15) is 5.26 Å². The molecule has 0 fully saturated rings. The number of fused-ring (bicyclic) bond motifs is 1. The van der Waals surface area contributed by atoms with Crippen LogP contribution in [-0.2, 0) is 11.2 Å². The number of carbonyl (C=O) groups is 1. The van der Waals surface area contributed by atoms with E-state index in [-0.39, 0.29) is 5.91 Å². The number of aryl methyl sites for hydroxylation is 1. The zero-order chi connectivity index (χ0) is 15.2. The molecule has 21 heavy (non-hydrogen) atoms. The van der Waals surface area contributed by atoms with Gasteiger partial charge < -0.3 is 10.6 Å². The molecule has 108 valence electrons. The van der Waals surface area contributed by atoms with Crippen LogP contribution in [0.1, 0.15) is 25.0 Å². The van der Waals surface area contributed by atoms with E-state index in [9.17, 15) is 10.1 Å². The number of nitrogens with zero attached hydrogens (tertiary/aromatic N) is 2. The standard InChI is InChI=1S/C16H18N4O/c1-3-12-4-5-15-13(8-12)9-14(10-17)16(20-15)19-7-6-18-11(2)21/h4-5,8-9H,3,6-7H2,1-2H3,(H,18,21)(H,19,20). The summed E-state index contributed by atoms with van der Waals surface area (Å²) in [6.45, 7) is 4.59. The van der Waals surface area contributed by atoms with Gasteiger partial charge in [0.1, 0.15) is 11.9 Å². The van der Waals surface area contributed by atoms with Gasteiger partial charge in [-0.15, -0.1) is 0 Å². The molecule has 0 atom stereocenters. The number of anilines is 1.